The number of amides is 1. The van der Waals surface area contributed by atoms with Gasteiger partial charge >= 0.3 is 6.09 Å². The Labute approximate surface area is 128 Å². The highest BCUT2D eigenvalue weighted by Gasteiger charge is 2.16. The van der Waals surface area contributed by atoms with Crippen molar-refractivity contribution in [2.24, 2.45) is 0 Å². The molecule has 0 saturated carbocycles. The minimum atomic E-state index is -0.455. The van der Waals surface area contributed by atoms with E-state index in [-0.39, 0.29) is 12.1 Å². The van der Waals surface area contributed by atoms with E-state index < -0.39 is 5.60 Å². The SMILES string of the molecule is COCCOCCCCNC(C)CNC(=O)OC(C)(C)C. The molecule has 6 nitrogen and oxygen atoms in total. The maximum absolute atomic E-state index is 11.5. The third-order valence-corrected chi connectivity index (χ3v) is 2.59. The number of rotatable bonds is 11. The molecule has 0 rings (SSSR count). The smallest absolute Gasteiger partial charge is 0.407 e. The fourth-order valence-electron chi connectivity index (χ4n) is 1.54. The number of unbranched alkanes of at least 4 members (excludes halogenated alkanes) is 1. The van der Waals surface area contributed by atoms with E-state index in [2.05, 4.69) is 10.6 Å². The third kappa shape index (κ3) is 15.4. The number of carbonyl (C=O) groups excluding carboxylic acids is 1. The average Bonchev–Trinajstić information content (AvgIpc) is 2.37. The standard InChI is InChI=1S/C15H32N2O4/c1-13(12-17-14(18)21-15(2,3)4)16-8-6-7-9-20-11-10-19-5/h13,16H,6-12H2,1-5H3,(H,17,18). The van der Waals surface area contributed by atoms with Crippen molar-refractivity contribution in [1.29, 1.82) is 0 Å². The van der Waals surface area contributed by atoms with E-state index in [1.54, 1.807) is 7.11 Å². The van der Waals surface area contributed by atoms with Gasteiger partial charge < -0.3 is 24.8 Å². The predicted octanol–water partition coefficient (Wildman–Crippen LogP) is 1.93. The Hall–Kier alpha value is -0.850. The van der Waals surface area contributed by atoms with Gasteiger partial charge in [0.2, 0.25) is 0 Å². The number of hydrogen-bond donors (Lipinski definition) is 2. The quantitative estimate of drug-likeness (QED) is 0.571. The molecule has 0 aliphatic rings. The molecule has 0 aromatic rings. The number of methoxy groups -OCH3 is 1. The normalized spacial score (nSPS) is 13.0. The zero-order chi connectivity index (χ0) is 16.1. The lowest BCUT2D eigenvalue weighted by Crippen LogP contribution is -2.41. The van der Waals surface area contributed by atoms with Gasteiger partial charge in [0.1, 0.15) is 5.60 Å². The molecule has 0 aromatic carbocycles. The molecule has 1 unspecified atom stereocenters. The summed E-state index contributed by atoms with van der Waals surface area (Å²) in [5.74, 6) is 0. The van der Waals surface area contributed by atoms with Crippen molar-refractivity contribution in [2.75, 3.05) is 40.0 Å². The monoisotopic (exact) mass is 304 g/mol. The van der Waals surface area contributed by atoms with Gasteiger partial charge in [0, 0.05) is 26.3 Å². The van der Waals surface area contributed by atoms with E-state index >= 15 is 0 Å². The van der Waals surface area contributed by atoms with Crippen molar-refractivity contribution in [3.05, 3.63) is 0 Å². The first kappa shape index (κ1) is 20.1. The fourth-order valence-corrected chi connectivity index (χ4v) is 1.54. The third-order valence-electron chi connectivity index (χ3n) is 2.59. The van der Waals surface area contributed by atoms with Crippen molar-refractivity contribution in [1.82, 2.24) is 10.6 Å². The Morgan fingerprint density at radius 3 is 2.48 bits per heavy atom. The predicted molar refractivity (Wildman–Crippen MR) is 83.6 cm³/mol. The van der Waals surface area contributed by atoms with Crippen LogP contribution >= 0.6 is 0 Å². The van der Waals surface area contributed by atoms with Gasteiger partial charge in [-0.1, -0.05) is 0 Å². The Bertz CT molecular complexity index is 267. The summed E-state index contributed by atoms with van der Waals surface area (Å²) in [6.07, 6.45) is 1.69. The van der Waals surface area contributed by atoms with Crippen LogP contribution in [0.2, 0.25) is 0 Å². The van der Waals surface area contributed by atoms with Gasteiger partial charge in [-0.2, -0.15) is 0 Å². The molecule has 2 N–H and O–H groups in total. The first-order chi connectivity index (χ1) is 9.85. The second-order valence-corrected chi connectivity index (χ2v) is 6.05. The molecule has 0 radical (unpaired) electrons. The first-order valence-corrected chi connectivity index (χ1v) is 7.62. The topological polar surface area (TPSA) is 68.8 Å². The van der Waals surface area contributed by atoms with Crippen LogP contribution in [0.5, 0.6) is 0 Å². The van der Waals surface area contributed by atoms with Crippen molar-refractivity contribution < 1.29 is 19.0 Å². The van der Waals surface area contributed by atoms with Gasteiger partial charge in [-0.3, -0.25) is 0 Å². The summed E-state index contributed by atoms with van der Waals surface area (Å²) in [4.78, 5) is 11.5. The Kier molecular flexibility index (Phi) is 11.3. The highest BCUT2D eigenvalue weighted by atomic mass is 16.6. The van der Waals surface area contributed by atoms with E-state index in [9.17, 15) is 4.79 Å². The largest absolute Gasteiger partial charge is 0.444 e. The minimum absolute atomic E-state index is 0.215. The van der Waals surface area contributed by atoms with E-state index in [0.717, 1.165) is 26.0 Å². The zero-order valence-electron chi connectivity index (χ0n) is 14.2. The van der Waals surface area contributed by atoms with Crippen LogP contribution in [0, 0.1) is 0 Å². The lowest BCUT2D eigenvalue weighted by Gasteiger charge is -2.21. The molecule has 0 fully saturated rings. The van der Waals surface area contributed by atoms with E-state index in [1.807, 2.05) is 27.7 Å². The van der Waals surface area contributed by atoms with Crippen LogP contribution in [0.3, 0.4) is 0 Å². The fraction of sp³-hybridized carbons (Fsp3) is 0.933. The molecular formula is C15H32N2O4. The summed E-state index contributed by atoms with van der Waals surface area (Å²) < 4.78 is 15.4. The second kappa shape index (κ2) is 11.8. The molecule has 21 heavy (non-hydrogen) atoms. The zero-order valence-corrected chi connectivity index (χ0v) is 14.2. The van der Waals surface area contributed by atoms with Crippen LogP contribution < -0.4 is 10.6 Å². The highest BCUT2D eigenvalue weighted by Crippen LogP contribution is 2.06. The van der Waals surface area contributed by atoms with E-state index in [1.165, 1.54) is 0 Å². The molecule has 0 bridgehead atoms. The van der Waals surface area contributed by atoms with Gasteiger partial charge in [0.25, 0.3) is 0 Å². The first-order valence-electron chi connectivity index (χ1n) is 7.62. The summed E-state index contributed by atoms with van der Waals surface area (Å²) in [7, 11) is 1.67. The summed E-state index contributed by atoms with van der Waals surface area (Å²) in [6, 6.07) is 0.215. The number of hydrogen-bond acceptors (Lipinski definition) is 5. The van der Waals surface area contributed by atoms with Crippen LogP contribution in [-0.2, 0) is 14.2 Å². The lowest BCUT2D eigenvalue weighted by molar-refractivity contribution is 0.0523. The lowest BCUT2D eigenvalue weighted by atomic mass is 10.2. The van der Waals surface area contributed by atoms with Gasteiger partial charge in [-0.05, 0) is 47.1 Å². The van der Waals surface area contributed by atoms with Gasteiger partial charge in [-0.15, -0.1) is 0 Å². The number of nitrogens with one attached hydrogen (secondary N) is 2. The Morgan fingerprint density at radius 1 is 1.14 bits per heavy atom. The van der Waals surface area contributed by atoms with Crippen molar-refractivity contribution in [3.63, 3.8) is 0 Å². The van der Waals surface area contributed by atoms with Crippen LogP contribution in [0.4, 0.5) is 4.79 Å². The molecule has 1 atom stereocenters. The average molecular weight is 304 g/mol. The van der Waals surface area contributed by atoms with Crippen LogP contribution in [0.1, 0.15) is 40.5 Å². The van der Waals surface area contributed by atoms with Crippen molar-refractivity contribution in [3.8, 4) is 0 Å². The van der Waals surface area contributed by atoms with Gasteiger partial charge in [0.05, 0.1) is 13.2 Å². The van der Waals surface area contributed by atoms with Crippen LogP contribution in [-0.4, -0.2) is 57.8 Å². The summed E-state index contributed by atoms with van der Waals surface area (Å²) in [5, 5.41) is 6.10. The molecule has 1 amide bonds. The summed E-state index contributed by atoms with van der Waals surface area (Å²) in [6.45, 7) is 11.1. The Morgan fingerprint density at radius 2 is 1.86 bits per heavy atom. The van der Waals surface area contributed by atoms with Crippen LogP contribution in [0.15, 0.2) is 0 Å². The molecule has 0 aliphatic carbocycles. The second-order valence-electron chi connectivity index (χ2n) is 6.05. The van der Waals surface area contributed by atoms with Gasteiger partial charge in [-0.25, -0.2) is 4.79 Å². The van der Waals surface area contributed by atoms with Crippen LogP contribution in [0.25, 0.3) is 0 Å². The summed E-state index contributed by atoms with van der Waals surface area (Å²) in [5.41, 5.74) is -0.455. The molecule has 0 aliphatic heterocycles. The van der Waals surface area contributed by atoms with E-state index in [0.29, 0.717) is 19.8 Å². The van der Waals surface area contributed by atoms with Crippen molar-refractivity contribution >= 4 is 6.09 Å². The number of alkyl carbamates (subject to hydrolysis) is 1. The molecule has 0 spiro atoms. The van der Waals surface area contributed by atoms with Crippen molar-refractivity contribution in [2.45, 2.75) is 52.2 Å². The maximum Gasteiger partial charge on any atom is 0.407 e. The summed E-state index contributed by atoms with van der Waals surface area (Å²) >= 11 is 0. The molecule has 0 saturated heterocycles. The molecule has 0 aromatic heterocycles. The number of carbonyl (C=O) groups is 1. The molecule has 126 valence electrons. The van der Waals surface area contributed by atoms with Gasteiger partial charge in [0.15, 0.2) is 0 Å². The maximum atomic E-state index is 11.5. The molecule has 0 heterocycles. The number of ether oxygens (including phenoxy) is 3. The molecular weight excluding hydrogens is 272 g/mol. The minimum Gasteiger partial charge on any atom is -0.444 e. The van der Waals surface area contributed by atoms with E-state index in [4.69, 9.17) is 14.2 Å². The Balaban J connectivity index is 3.42. The highest BCUT2D eigenvalue weighted by molar-refractivity contribution is 5.67. The molecule has 6 heteroatoms.